The summed E-state index contributed by atoms with van der Waals surface area (Å²) in [4.78, 5) is 12.1. The molecule has 0 aliphatic rings. The van der Waals surface area contributed by atoms with Crippen LogP contribution in [0.25, 0.3) is 0 Å². The van der Waals surface area contributed by atoms with Crippen LogP contribution in [0.15, 0.2) is 16.9 Å². The number of aromatic amines is 1. The molecule has 0 saturated heterocycles. The van der Waals surface area contributed by atoms with Gasteiger partial charge in [0.05, 0.1) is 17.6 Å². The van der Waals surface area contributed by atoms with E-state index in [2.05, 4.69) is 20.7 Å². The lowest BCUT2D eigenvalue weighted by molar-refractivity contribution is 0.102. The summed E-state index contributed by atoms with van der Waals surface area (Å²) in [6.45, 7) is 5.66. The highest BCUT2D eigenvalue weighted by molar-refractivity contribution is 6.05. The summed E-state index contributed by atoms with van der Waals surface area (Å²) in [6, 6.07) is 0. The minimum absolute atomic E-state index is 0.112. The lowest BCUT2D eigenvalue weighted by Gasteiger charge is -2.04. The molecule has 6 heteroatoms. The maximum Gasteiger partial charge on any atom is 0.261 e. The molecule has 2 heterocycles. The number of nitrogens with zero attached hydrogens (tertiary/aromatic N) is 2. The first kappa shape index (κ1) is 11.4. The maximum atomic E-state index is 12.1. The Morgan fingerprint density at radius 2 is 2.29 bits per heavy atom. The highest BCUT2D eigenvalue weighted by atomic mass is 16.5. The maximum absolute atomic E-state index is 12.1. The van der Waals surface area contributed by atoms with Gasteiger partial charge in [-0.2, -0.15) is 5.10 Å². The second kappa shape index (κ2) is 4.40. The van der Waals surface area contributed by atoms with E-state index in [1.807, 2.05) is 13.8 Å². The molecular formula is C11H14N4O2. The van der Waals surface area contributed by atoms with Crippen LogP contribution in [0.5, 0.6) is 0 Å². The first-order valence-electron chi connectivity index (χ1n) is 5.36. The SMILES string of the molecule is Cc1noc(C(C)C)c1C(=O)Nc1cn[nH]c1. The number of carbonyl (C=O) groups excluding carboxylic acids is 1. The molecule has 0 aromatic carbocycles. The molecule has 0 unspecified atom stereocenters. The molecule has 0 bridgehead atoms. The molecule has 0 aliphatic heterocycles. The van der Waals surface area contributed by atoms with Crippen LogP contribution in [0.1, 0.15) is 41.6 Å². The monoisotopic (exact) mass is 234 g/mol. The average molecular weight is 234 g/mol. The Labute approximate surface area is 98.4 Å². The molecule has 0 saturated carbocycles. The van der Waals surface area contributed by atoms with Gasteiger partial charge in [0.25, 0.3) is 5.91 Å². The molecule has 0 atom stereocenters. The van der Waals surface area contributed by atoms with Gasteiger partial charge in [-0.1, -0.05) is 19.0 Å². The molecule has 2 N–H and O–H groups in total. The van der Waals surface area contributed by atoms with Crippen molar-refractivity contribution >= 4 is 11.6 Å². The van der Waals surface area contributed by atoms with Gasteiger partial charge in [-0.3, -0.25) is 9.89 Å². The van der Waals surface area contributed by atoms with E-state index in [-0.39, 0.29) is 11.8 Å². The number of hydrogen-bond donors (Lipinski definition) is 2. The molecule has 1 amide bonds. The Balaban J connectivity index is 2.27. The van der Waals surface area contributed by atoms with Crippen molar-refractivity contribution in [1.82, 2.24) is 15.4 Å². The zero-order valence-corrected chi connectivity index (χ0v) is 9.94. The van der Waals surface area contributed by atoms with Crippen LogP contribution < -0.4 is 5.32 Å². The summed E-state index contributed by atoms with van der Waals surface area (Å²) in [5.74, 6) is 0.485. The Hall–Kier alpha value is -2.11. The average Bonchev–Trinajstić information content (AvgIpc) is 2.86. The number of amides is 1. The molecule has 2 aromatic heterocycles. The fraction of sp³-hybridized carbons (Fsp3) is 0.364. The minimum atomic E-state index is -0.228. The Kier molecular flexibility index (Phi) is 2.95. The van der Waals surface area contributed by atoms with Crippen LogP contribution in [-0.2, 0) is 0 Å². The number of hydrogen-bond acceptors (Lipinski definition) is 4. The standard InChI is InChI=1S/C11H14N4O2/c1-6(2)10-9(7(3)15-17-10)11(16)14-8-4-12-13-5-8/h4-6H,1-3H3,(H,12,13)(H,14,16). The number of rotatable bonds is 3. The van der Waals surface area contributed by atoms with Crippen LogP contribution in [-0.4, -0.2) is 21.3 Å². The largest absolute Gasteiger partial charge is 0.360 e. The van der Waals surface area contributed by atoms with Gasteiger partial charge in [0.1, 0.15) is 5.56 Å². The van der Waals surface area contributed by atoms with Crippen molar-refractivity contribution in [2.45, 2.75) is 26.7 Å². The molecule has 2 aromatic rings. The van der Waals surface area contributed by atoms with Crippen LogP contribution in [0.3, 0.4) is 0 Å². The summed E-state index contributed by atoms with van der Waals surface area (Å²) in [5, 5.41) is 12.9. The predicted octanol–water partition coefficient (Wildman–Crippen LogP) is 2.08. The predicted molar refractivity (Wildman–Crippen MR) is 61.9 cm³/mol. The topological polar surface area (TPSA) is 83.8 Å². The van der Waals surface area contributed by atoms with E-state index < -0.39 is 0 Å². The summed E-state index contributed by atoms with van der Waals surface area (Å²) in [6.07, 6.45) is 3.14. The third-order valence-corrected chi connectivity index (χ3v) is 2.40. The van der Waals surface area contributed by atoms with E-state index in [9.17, 15) is 4.79 Å². The number of carbonyl (C=O) groups is 1. The van der Waals surface area contributed by atoms with Gasteiger partial charge >= 0.3 is 0 Å². The number of H-pyrrole nitrogens is 1. The first-order valence-corrected chi connectivity index (χ1v) is 5.36. The fourth-order valence-corrected chi connectivity index (χ4v) is 1.57. The Bertz CT molecular complexity index is 514. The van der Waals surface area contributed by atoms with Gasteiger partial charge in [-0.15, -0.1) is 0 Å². The fourth-order valence-electron chi connectivity index (χ4n) is 1.57. The summed E-state index contributed by atoms with van der Waals surface area (Å²) < 4.78 is 5.16. The summed E-state index contributed by atoms with van der Waals surface area (Å²) >= 11 is 0. The highest BCUT2D eigenvalue weighted by Crippen LogP contribution is 2.23. The first-order chi connectivity index (χ1) is 8.09. The second-order valence-corrected chi connectivity index (χ2v) is 4.10. The molecule has 0 radical (unpaired) electrons. The summed E-state index contributed by atoms with van der Waals surface area (Å²) in [5.41, 5.74) is 1.71. The van der Waals surface area contributed by atoms with Crippen molar-refractivity contribution in [3.63, 3.8) is 0 Å². The van der Waals surface area contributed by atoms with E-state index in [1.165, 1.54) is 6.20 Å². The molecule has 0 spiro atoms. The number of nitrogens with one attached hydrogen (secondary N) is 2. The number of aromatic nitrogens is 3. The smallest absolute Gasteiger partial charge is 0.261 e. The molecule has 6 nitrogen and oxygen atoms in total. The second-order valence-electron chi connectivity index (χ2n) is 4.10. The van der Waals surface area contributed by atoms with Gasteiger partial charge in [0.2, 0.25) is 0 Å². The number of aryl methyl sites for hydroxylation is 1. The normalized spacial score (nSPS) is 10.8. The zero-order valence-electron chi connectivity index (χ0n) is 9.94. The van der Waals surface area contributed by atoms with Crippen LogP contribution in [0, 0.1) is 6.92 Å². The molecule has 2 rings (SSSR count). The van der Waals surface area contributed by atoms with Gasteiger partial charge in [0.15, 0.2) is 5.76 Å². The van der Waals surface area contributed by atoms with Gasteiger partial charge in [0, 0.05) is 12.1 Å². The lowest BCUT2D eigenvalue weighted by Crippen LogP contribution is -2.14. The van der Waals surface area contributed by atoms with Gasteiger partial charge < -0.3 is 9.84 Å². The van der Waals surface area contributed by atoms with Crippen molar-refractivity contribution in [3.8, 4) is 0 Å². The van der Waals surface area contributed by atoms with E-state index in [0.717, 1.165) is 0 Å². The summed E-state index contributed by atoms with van der Waals surface area (Å²) in [7, 11) is 0. The molecule has 90 valence electrons. The van der Waals surface area contributed by atoms with E-state index in [0.29, 0.717) is 22.7 Å². The van der Waals surface area contributed by atoms with Crippen molar-refractivity contribution in [1.29, 1.82) is 0 Å². The lowest BCUT2D eigenvalue weighted by atomic mass is 10.0. The number of anilines is 1. The van der Waals surface area contributed by atoms with Crippen molar-refractivity contribution in [3.05, 3.63) is 29.4 Å². The van der Waals surface area contributed by atoms with Crippen molar-refractivity contribution in [2.75, 3.05) is 5.32 Å². The van der Waals surface area contributed by atoms with E-state index in [1.54, 1.807) is 13.1 Å². The van der Waals surface area contributed by atoms with Gasteiger partial charge in [-0.05, 0) is 6.92 Å². The van der Waals surface area contributed by atoms with Crippen molar-refractivity contribution in [2.24, 2.45) is 0 Å². The van der Waals surface area contributed by atoms with Crippen molar-refractivity contribution < 1.29 is 9.32 Å². The quantitative estimate of drug-likeness (QED) is 0.851. The zero-order chi connectivity index (χ0) is 12.4. The van der Waals surface area contributed by atoms with Crippen LogP contribution >= 0.6 is 0 Å². The Morgan fingerprint density at radius 3 is 2.88 bits per heavy atom. The van der Waals surface area contributed by atoms with Crippen LogP contribution in [0.2, 0.25) is 0 Å². The minimum Gasteiger partial charge on any atom is -0.360 e. The molecular weight excluding hydrogens is 220 g/mol. The Morgan fingerprint density at radius 1 is 1.53 bits per heavy atom. The third-order valence-electron chi connectivity index (χ3n) is 2.40. The van der Waals surface area contributed by atoms with Crippen LogP contribution in [0.4, 0.5) is 5.69 Å². The highest BCUT2D eigenvalue weighted by Gasteiger charge is 2.22. The molecule has 0 fully saturated rings. The third kappa shape index (κ3) is 2.20. The molecule has 0 aliphatic carbocycles. The molecule has 17 heavy (non-hydrogen) atoms. The van der Waals surface area contributed by atoms with E-state index in [4.69, 9.17) is 4.52 Å². The van der Waals surface area contributed by atoms with Gasteiger partial charge in [-0.25, -0.2) is 0 Å². The van der Waals surface area contributed by atoms with E-state index >= 15 is 0 Å².